The van der Waals surface area contributed by atoms with Crippen LogP contribution in [0.2, 0.25) is 0 Å². The summed E-state index contributed by atoms with van der Waals surface area (Å²) in [5, 5.41) is 19.9. The Morgan fingerprint density at radius 2 is 1.08 bits per heavy atom. The van der Waals surface area contributed by atoms with E-state index in [2.05, 4.69) is 0 Å². The van der Waals surface area contributed by atoms with Crippen molar-refractivity contribution in [2.45, 2.75) is 52.4 Å². The number of hydrogen-bond donors (Lipinski definition) is 2. The molecule has 24 heavy (non-hydrogen) atoms. The van der Waals surface area contributed by atoms with E-state index in [0.29, 0.717) is 12.8 Å². The van der Waals surface area contributed by atoms with Crippen molar-refractivity contribution in [3.05, 3.63) is 0 Å². The Morgan fingerprint density at radius 3 is 1.29 bits per heavy atom. The summed E-state index contributed by atoms with van der Waals surface area (Å²) in [7, 11) is 0. The summed E-state index contributed by atoms with van der Waals surface area (Å²) in [6.45, 7) is 7.77. The lowest BCUT2D eigenvalue weighted by Gasteiger charge is -1.97. The maximum atomic E-state index is 10.4. The van der Waals surface area contributed by atoms with E-state index in [1.54, 1.807) is 24.0 Å². The minimum atomic E-state index is -0.137. The predicted molar refractivity (Wildman–Crippen MR) is 88.6 cm³/mol. The number of nitrogens with zero attached hydrogens (tertiary/aromatic N) is 2. The normalized spacial score (nSPS) is 15.3. The van der Waals surface area contributed by atoms with Gasteiger partial charge < -0.3 is 19.9 Å². The first-order valence-electron chi connectivity index (χ1n) is 8.70. The summed E-state index contributed by atoms with van der Waals surface area (Å²) in [5.41, 5.74) is 0. The molecule has 2 saturated heterocycles. The molecule has 8 nitrogen and oxygen atoms in total. The van der Waals surface area contributed by atoms with Crippen molar-refractivity contribution >= 4 is 11.9 Å². The number of unbranched alkanes of at least 4 members (excludes halogenated alkanes) is 3. The van der Waals surface area contributed by atoms with Crippen LogP contribution in [0.5, 0.6) is 0 Å². The number of rotatable bonds is 9. The number of hydrogen-bond acceptors (Lipinski definition) is 8. The highest BCUT2D eigenvalue weighted by atomic mass is 16.7. The third-order valence-electron chi connectivity index (χ3n) is 2.92. The molecule has 2 aliphatic rings. The Balaban J connectivity index is 0.000000331. The molecule has 0 aromatic carbocycles. The van der Waals surface area contributed by atoms with Crippen molar-refractivity contribution in [2.75, 3.05) is 39.4 Å². The minimum Gasteiger partial charge on any atom is -0.396 e. The van der Waals surface area contributed by atoms with Gasteiger partial charge in [-0.05, 0) is 12.8 Å². The fraction of sp³-hybridized carbons (Fsp3) is 0.875. The summed E-state index contributed by atoms with van der Waals surface area (Å²) < 4.78 is 0. The van der Waals surface area contributed by atoms with Gasteiger partial charge in [0.2, 0.25) is 0 Å². The first-order chi connectivity index (χ1) is 11.6. The second-order valence-corrected chi connectivity index (χ2v) is 5.35. The van der Waals surface area contributed by atoms with Crippen LogP contribution >= 0.6 is 0 Å². The topological polar surface area (TPSA) is 99.1 Å². The third-order valence-corrected chi connectivity index (χ3v) is 2.92. The highest BCUT2D eigenvalue weighted by molar-refractivity contribution is 5.68. The summed E-state index contributed by atoms with van der Waals surface area (Å²) in [6.07, 6.45) is 4.77. The second-order valence-electron chi connectivity index (χ2n) is 5.35. The van der Waals surface area contributed by atoms with Crippen molar-refractivity contribution < 1.29 is 29.5 Å². The summed E-state index contributed by atoms with van der Waals surface area (Å²) >= 11 is 0. The molecule has 0 aromatic rings. The molecule has 0 atom stereocenters. The molecule has 0 aromatic heterocycles. The largest absolute Gasteiger partial charge is 0.396 e. The smallest absolute Gasteiger partial charge is 0.324 e. The van der Waals surface area contributed by atoms with Gasteiger partial charge in [-0.25, -0.2) is 0 Å². The Morgan fingerprint density at radius 1 is 0.750 bits per heavy atom. The van der Waals surface area contributed by atoms with E-state index in [1.807, 2.05) is 0 Å². The molecule has 2 heterocycles. The quantitative estimate of drug-likeness (QED) is 0.468. The summed E-state index contributed by atoms with van der Waals surface area (Å²) in [5.74, 6) is -0.273. The molecule has 2 N–H and O–H groups in total. The molecule has 0 spiro atoms. The molecule has 142 valence electrons. The van der Waals surface area contributed by atoms with Gasteiger partial charge in [-0.1, -0.05) is 26.7 Å². The zero-order valence-electron chi connectivity index (χ0n) is 14.9. The van der Waals surface area contributed by atoms with E-state index in [4.69, 9.17) is 19.9 Å². The van der Waals surface area contributed by atoms with Gasteiger partial charge in [0, 0.05) is 26.1 Å². The zero-order valence-corrected chi connectivity index (χ0v) is 14.9. The Labute approximate surface area is 144 Å². The van der Waals surface area contributed by atoms with Gasteiger partial charge >= 0.3 is 11.9 Å². The molecule has 0 unspecified atom stereocenters. The van der Waals surface area contributed by atoms with E-state index >= 15 is 0 Å². The van der Waals surface area contributed by atoms with Gasteiger partial charge in [-0.2, -0.15) is 0 Å². The molecule has 0 saturated carbocycles. The molecular formula is C16H32N2O6. The van der Waals surface area contributed by atoms with Crippen molar-refractivity contribution in [1.82, 2.24) is 10.1 Å². The first-order valence-corrected chi connectivity index (χ1v) is 8.70. The number of carbonyl (C=O) groups is 2. The van der Waals surface area contributed by atoms with E-state index in [0.717, 1.165) is 51.9 Å². The fourth-order valence-electron chi connectivity index (χ4n) is 1.26. The lowest BCUT2D eigenvalue weighted by atomic mass is 10.2. The van der Waals surface area contributed by atoms with Gasteiger partial charge in [-0.15, -0.1) is 10.1 Å². The molecule has 2 rings (SSSR count). The van der Waals surface area contributed by atoms with Crippen LogP contribution in [0.4, 0.5) is 0 Å². The van der Waals surface area contributed by atoms with Crippen LogP contribution in [0.25, 0.3) is 0 Å². The van der Waals surface area contributed by atoms with E-state index < -0.39 is 0 Å². The van der Waals surface area contributed by atoms with Crippen LogP contribution in [0.1, 0.15) is 52.4 Å². The molecular weight excluding hydrogens is 316 g/mol. The number of hydroxylamine groups is 4. The van der Waals surface area contributed by atoms with Gasteiger partial charge in [0.1, 0.15) is 0 Å². The van der Waals surface area contributed by atoms with Crippen LogP contribution in [0, 0.1) is 0 Å². The van der Waals surface area contributed by atoms with E-state index in [1.165, 1.54) is 0 Å². The molecule has 2 aliphatic heterocycles. The highest BCUT2D eigenvalue weighted by Gasteiger charge is 2.21. The number of aliphatic hydroxyl groups excluding tert-OH is 2. The van der Waals surface area contributed by atoms with Crippen LogP contribution in [-0.4, -0.2) is 71.7 Å². The molecule has 2 fully saturated rings. The predicted octanol–water partition coefficient (Wildman–Crippen LogP) is 0.872. The Hall–Kier alpha value is -1.22. The lowest BCUT2D eigenvalue weighted by Crippen LogP contribution is -2.07. The highest BCUT2D eigenvalue weighted by Crippen LogP contribution is 2.04. The molecule has 0 aliphatic carbocycles. The maximum Gasteiger partial charge on any atom is 0.324 e. The van der Waals surface area contributed by atoms with Crippen LogP contribution in [-0.2, 0) is 19.3 Å². The number of aliphatic hydroxyl groups is 2. The average molecular weight is 348 g/mol. The van der Waals surface area contributed by atoms with Gasteiger partial charge in [-0.3, -0.25) is 9.59 Å². The average Bonchev–Trinajstić information content (AvgIpc) is 3.49. The van der Waals surface area contributed by atoms with Gasteiger partial charge in [0.15, 0.2) is 0 Å². The Bertz CT molecular complexity index is 301. The zero-order chi connectivity index (χ0) is 18.2. The van der Waals surface area contributed by atoms with Crippen molar-refractivity contribution in [3.8, 4) is 0 Å². The number of carbonyl (C=O) groups excluding carboxylic acids is 2. The van der Waals surface area contributed by atoms with Crippen LogP contribution < -0.4 is 0 Å². The molecule has 0 amide bonds. The van der Waals surface area contributed by atoms with Crippen molar-refractivity contribution in [3.63, 3.8) is 0 Å². The monoisotopic (exact) mass is 348 g/mol. The van der Waals surface area contributed by atoms with E-state index in [9.17, 15) is 9.59 Å². The second kappa shape index (κ2) is 15.3. The van der Waals surface area contributed by atoms with Crippen molar-refractivity contribution in [2.24, 2.45) is 0 Å². The fourth-order valence-corrected chi connectivity index (χ4v) is 1.26. The molecule has 8 heteroatoms. The maximum absolute atomic E-state index is 10.4. The van der Waals surface area contributed by atoms with Crippen LogP contribution in [0.15, 0.2) is 0 Å². The Kier molecular flexibility index (Phi) is 14.5. The molecule has 0 bridgehead atoms. The standard InChI is InChI=1S/C6H14O2.2C5H9NO2/c7-5-3-1-2-4-6-8;2*1-2-5(7)8-6-3-4-6/h7-8H,1-6H2;2*2-4H2,1H3. The van der Waals surface area contributed by atoms with Crippen LogP contribution in [0.3, 0.4) is 0 Å². The third kappa shape index (κ3) is 17.1. The van der Waals surface area contributed by atoms with Gasteiger partial charge in [0.05, 0.1) is 26.2 Å². The minimum absolute atomic E-state index is 0.137. The summed E-state index contributed by atoms with van der Waals surface area (Å²) in [6, 6.07) is 0. The summed E-state index contributed by atoms with van der Waals surface area (Å²) in [4.78, 5) is 30.2. The first kappa shape index (κ1) is 22.8. The molecule has 0 radical (unpaired) electrons. The van der Waals surface area contributed by atoms with Crippen molar-refractivity contribution in [1.29, 1.82) is 0 Å². The van der Waals surface area contributed by atoms with Gasteiger partial charge in [0.25, 0.3) is 0 Å². The van der Waals surface area contributed by atoms with E-state index in [-0.39, 0.29) is 25.2 Å². The lowest BCUT2D eigenvalue weighted by molar-refractivity contribution is -0.166. The SMILES string of the molecule is CCC(=O)ON1CC1.CCC(=O)ON1CC1.OCCCCCCO.